The highest BCUT2D eigenvalue weighted by Gasteiger charge is 2.39. The molecule has 13 heavy (non-hydrogen) atoms. The van der Waals surface area contributed by atoms with Crippen molar-refractivity contribution in [2.75, 3.05) is 13.1 Å². The maximum atomic E-state index is 10.8. The zero-order chi connectivity index (χ0) is 9.84. The van der Waals surface area contributed by atoms with Crippen LogP contribution in [0.2, 0.25) is 0 Å². The molecule has 0 aliphatic heterocycles. The topological polar surface area (TPSA) is 40.5 Å². The maximum absolute atomic E-state index is 10.8. The molecular weight excluding hydrogens is 166 g/mol. The van der Waals surface area contributed by atoms with Gasteiger partial charge in [0.15, 0.2) is 0 Å². The number of carboxylic acid groups (broad SMARTS) is 1. The average Bonchev–Trinajstić information content (AvgIpc) is 2.00. The Morgan fingerprint density at radius 3 is 2.46 bits per heavy atom. The average molecular weight is 185 g/mol. The molecule has 1 rings (SSSR count). The van der Waals surface area contributed by atoms with E-state index in [4.69, 9.17) is 5.11 Å². The summed E-state index contributed by atoms with van der Waals surface area (Å²) in [4.78, 5) is 13.1. The lowest BCUT2D eigenvalue weighted by Gasteiger charge is -2.41. The number of aliphatic carboxylic acids is 1. The van der Waals surface area contributed by atoms with E-state index >= 15 is 0 Å². The van der Waals surface area contributed by atoms with Crippen LogP contribution < -0.4 is 0 Å². The Labute approximate surface area is 79.7 Å². The first-order chi connectivity index (χ1) is 6.20. The predicted molar refractivity (Wildman–Crippen MR) is 51.7 cm³/mol. The molecule has 0 aromatic carbocycles. The smallest absolute Gasteiger partial charge is 0.308 e. The summed E-state index contributed by atoms with van der Waals surface area (Å²) in [5, 5.41) is 8.89. The number of hydrogen-bond acceptors (Lipinski definition) is 2. The minimum atomic E-state index is -0.620. The zero-order valence-electron chi connectivity index (χ0n) is 8.49. The third kappa shape index (κ3) is 2.21. The maximum Gasteiger partial charge on any atom is 0.308 e. The first-order valence-corrected chi connectivity index (χ1v) is 5.17. The summed E-state index contributed by atoms with van der Waals surface area (Å²) in [6, 6.07) is 0.308. The van der Waals surface area contributed by atoms with Gasteiger partial charge in [-0.2, -0.15) is 0 Å². The fourth-order valence-corrected chi connectivity index (χ4v) is 2.05. The molecule has 1 N–H and O–H groups in total. The van der Waals surface area contributed by atoms with Crippen LogP contribution in [0.4, 0.5) is 0 Å². The van der Waals surface area contributed by atoms with Crippen molar-refractivity contribution in [3.8, 4) is 0 Å². The minimum absolute atomic E-state index is 0.105. The summed E-state index contributed by atoms with van der Waals surface area (Å²) in [5.41, 5.74) is 0. The lowest BCUT2D eigenvalue weighted by molar-refractivity contribution is -0.148. The van der Waals surface area contributed by atoms with E-state index in [2.05, 4.69) is 18.7 Å². The van der Waals surface area contributed by atoms with Crippen molar-refractivity contribution in [3.05, 3.63) is 0 Å². The van der Waals surface area contributed by atoms with E-state index in [1.54, 1.807) is 0 Å². The van der Waals surface area contributed by atoms with Gasteiger partial charge in [0.25, 0.3) is 0 Å². The van der Waals surface area contributed by atoms with E-state index in [1.165, 1.54) is 0 Å². The monoisotopic (exact) mass is 185 g/mol. The van der Waals surface area contributed by atoms with E-state index < -0.39 is 5.97 Å². The molecule has 0 amide bonds. The van der Waals surface area contributed by atoms with Gasteiger partial charge in [-0.3, -0.25) is 9.69 Å². The Morgan fingerprint density at radius 1 is 1.46 bits per heavy atom. The van der Waals surface area contributed by atoms with Gasteiger partial charge in [0.2, 0.25) is 0 Å². The number of rotatable bonds is 5. The van der Waals surface area contributed by atoms with E-state index in [0.717, 1.165) is 32.4 Å². The third-order valence-corrected chi connectivity index (χ3v) is 2.94. The summed E-state index contributed by atoms with van der Waals surface area (Å²) >= 11 is 0. The minimum Gasteiger partial charge on any atom is -0.481 e. The fourth-order valence-electron chi connectivity index (χ4n) is 2.05. The Bertz CT molecular complexity index is 182. The molecule has 1 aliphatic carbocycles. The van der Waals surface area contributed by atoms with Crippen LogP contribution in [-0.2, 0) is 4.79 Å². The van der Waals surface area contributed by atoms with Crippen molar-refractivity contribution >= 4 is 5.97 Å². The van der Waals surface area contributed by atoms with Crippen molar-refractivity contribution in [2.24, 2.45) is 5.92 Å². The van der Waals surface area contributed by atoms with Crippen molar-refractivity contribution < 1.29 is 9.90 Å². The highest BCUT2D eigenvalue weighted by atomic mass is 16.4. The molecule has 0 aromatic rings. The second kappa shape index (κ2) is 4.61. The molecule has 2 atom stereocenters. The Kier molecular flexibility index (Phi) is 3.72. The SMILES string of the molecule is CCCN(CC)C1CCC1C(=O)O. The van der Waals surface area contributed by atoms with Gasteiger partial charge in [-0.05, 0) is 32.4 Å². The highest BCUT2D eigenvalue weighted by Crippen LogP contribution is 2.32. The van der Waals surface area contributed by atoms with Crippen LogP contribution in [0.15, 0.2) is 0 Å². The standard InChI is InChI=1S/C10H19NO2/c1-3-7-11(4-2)9-6-5-8(9)10(12)13/h8-9H,3-7H2,1-2H3,(H,12,13). The van der Waals surface area contributed by atoms with E-state index in [9.17, 15) is 4.79 Å². The van der Waals surface area contributed by atoms with Gasteiger partial charge in [-0.1, -0.05) is 13.8 Å². The molecule has 0 saturated heterocycles. The summed E-state index contributed by atoms with van der Waals surface area (Å²) < 4.78 is 0. The normalized spacial score (nSPS) is 27.3. The first-order valence-electron chi connectivity index (χ1n) is 5.17. The van der Waals surface area contributed by atoms with Gasteiger partial charge < -0.3 is 5.11 Å². The second-order valence-electron chi connectivity index (χ2n) is 3.72. The molecule has 0 bridgehead atoms. The molecule has 1 aliphatic rings. The van der Waals surface area contributed by atoms with E-state index in [-0.39, 0.29) is 5.92 Å². The third-order valence-electron chi connectivity index (χ3n) is 2.94. The number of nitrogens with zero attached hydrogens (tertiary/aromatic N) is 1. The Balaban J connectivity index is 2.45. The summed E-state index contributed by atoms with van der Waals surface area (Å²) in [6.45, 7) is 6.25. The van der Waals surface area contributed by atoms with Crippen LogP contribution in [0.25, 0.3) is 0 Å². The van der Waals surface area contributed by atoms with Gasteiger partial charge >= 0.3 is 5.97 Å². The first kappa shape index (κ1) is 10.5. The molecule has 3 nitrogen and oxygen atoms in total. The van der Waals surface area contributed by atoms with E-state index in [0.29, 0.717) is 6.04 Å². The second-order valence-corrected chi connectivity index (χ2v) is 3.72. The van der Waals surface area contributed by atoms with Gasteiger partial charge in [0.05, 0.1) is 5.92 Å². The lowest BCUT2D eigenvalue weighted by Crippen LogP contribution is -2.50. The molecule has 76 valence electrons. The molecule has 2 unspecified atom stereocenters. The predicted octanol–water partition coefficient (Wildman–Crippen LogP) is 1.58. The van der Waals surface area contributed by atoms with Crippen LogP contribution in [0.5, 0.6) is 0 Å². The summed E-state index contributed by atoms with van der Waals surface area (Å²) in [5.74, 6) is -0.725. The van der Waals surface area contributed by atoms with Crippen LogP contribution in [0.1, 0.15) is 33.1 Å². The van der Waals surface area contributed by atoms with Gasteiger partial charge in [0.1, 0.15) is 0 Å². The highest BCUT2D eigenvalue weighted by molar-refractivity contribution is 5.72. The van der Waals surface area contributed by atoms with Crippen molar-refractivity contribution in [1.82, 2.24) is 4.90 Å². The van der Waals surface area contributed by atoms with Crippen LogP contribution in [0, 0.1) is 5.92 Å². The van der Waals surface area contributed by atoms with Crippen molar-refractivity contribution in [2.45, 2.75) is 39.2 Å². The lowest BCUT2D eigenvalue weighted by atomic mass is 9.78. The van der Waals surface area contributed by atoms with Crippen molar-refractivity contribution in [1.29, 1.82) is 0 Å². The summed E-state index contributed by atoms with van der Waals surface area (Å²) in [7, 11) is 0. The number of hydrogen-bond donors (Lipinski definition) is 1. The van der Waals surface area contributed by atoms with Crippen LogP contribution in [0.3, 0.4) is 0 Å². The van der Waals surface area contributed by atoms with E-state index in [1.807, 2.05) is 0 Å². The fraction of sp³-hybridized carbons (Fsp3) is 0.900. The van der Waals surface area contributed by atoms with Gasteiger partial charge in [-0.15, -0.1) is 0 Å². The molecule has 0 radical (unpaired) electrons. The number of carbonyl (C=O) groups is 1. The number of carboxylic acids is 1. The Hall–Kier alpha value is -0.570. The van der Waals surface area contributed by atoms with Crippen LogP contribution >= 0.6 is 0 Å². The molecule has 0 heterocycles. The van der Waals surface area contributed by atoms with Crippen molar-refractivity contribution in [3.63, 3.8) is 0 Å². The molecule has 0 aromatic heterocycles. The molecule has 0 spiro atoms. The molecule has 1 saturated carbocycles. The van der Waals surface area contributed by atoms with Gasteiger partial charge in [0, 0.05) is 6.04 Å². The van der Waals surface area contributed by atoms with Crippen LogP contribution in [-0.4, -0.2) is 35.1 Å². The zero-order valence-corrected chi connectivity index (χ0v) is 8.49. The summed E-state index contributed by atoms with van der Waals surface area (Å²) in [6.07, 6.45) is 3.03. The molecule has 1 fully saturated rings. The molecular formula is C10H19NO2. The quantitative estimate of drug-likeness (QED) is 0.707. The van der Waals surface area contributed by atoms with Gasteiger partial charge in [-0.25, -0.2) is 0 Å². The molecule has 3 heteroatoms. The largest absolute Gasteiger partial charge is 0.481 e. The Morgan fingerprint density at radius 2 is 2.15 bits per heavy atom.